The van der Waals surface area contributed by atoms with Crippen molar-refractivity contribution in [3.05, 3.63) is 22.2 Å². The zero-order valence-corrected chi connectivity index (χ0v) is 10.7. The minimum absolute atomic E-state index is 0.332. The van der Waals surface area contributed by atoms with Crippen LogP contribution in [0.3, 0.4) is 0 Å². The van der Waals surface area contributed by atoms with Crippen LogP contribution in [0.4, 0.5) is 0 Å². The summed E-state index contributed by atoms with van der Waals surface area (Å²) in [5, 5.41) is 4.96. The largest absolute Gasteiger partial charge is 0.254 e. The Morgan fingerprint density at radius 2 is 2.00 bits per heavy atom. The SMILES string of the molecule is CCc1nc2nc(C)c(C(C)C)c(Cl)n2n1. The molecule has 16 heavy (non-hydrogen) atoms. The van der Waals surface area contributed by atoms with E-state index in [9.17, 15) is 0 Å². The lowest BCUT2D eigenvalue weighted by atomic mass is 10.0. The molecule has 0 fully saturated rings. The molecule has 0 aliphatic rings. The molecule has 0 unspecified atom stereocenters. The summed E-state index contributed by atoms with van der Waals surface area (Å²) in [6.45, 7) is 8.17. The molecule has 0 radical (unpaired) electrons. The predicted molar refractivity (Wildman–Crippen MR) is 64.0 cm³/mol. The van der Waals surface area contributed by atoms with Crippen LogP contribution in [0.5, 0.6) is 0 Å². The van der Waals surface area contributed by atoms with Crippen LogP contribution in [0.15, 0.2) is 0 Å². The van der Waals surface area contributed by atoms with E-state index < -0.39 is 0 Å². The zero-order chi connectivity index (χ0) is 11.9. The van der Waals surface area contributed by atoms with Gasteiger partial charge in [-0.25, -0.2) is 4.98 Å². The highest BCUT2D eigenvalue weighted by Crippen LogP contribution is 2.26. The molecule has 2 heterocycles. The minimum Gasteiger partial charge on any atom is -0.216 e. The highest BCUT2D eigenvalue weighted by molar-refractivity contribution is 6.30. The van der Waals surface area contributed by atoms with Crippen molar-refractivity contribution in [2.24, 2.45) is 0 Å². The monoisotopic (exact) mass is 238 g/mol. The fourth-order valence-corrected chi connectivity index (χ4v) is 2.30. The van der Waals surface area contributed by atoms with Crippen molar-refractivity contribution < 1.29 is 0 Å². The molecule has 0 bridgehead atoms. The van der Waals surface area contributed by atoms with Crippen LogP contribution < -0.4 is 0 Å². The Bertz CT molecular complexity index is 530. The summed E-state index contributed by atoms with van der Waals surface area (Å²) < 4.78 is 1.63. The molecule has 0 aliphatic heterocycles. The number of hydrogen-bond donors (Lipinski definition) is 0. The van der Waals surface area contributed by atoms with Crippen LogP contribution >= 0.6 is 11.6 Å². The quantitative estimate of drug-likeness (QED) is 0.756. The summed E-state index contributed by atoms with van der Waals surface area (Å²) in [6, 6.07) is 0. The molecule has 0 atom stereocenters. The fraction of sp³-hybridized carbons (Fsp3) is 0.545. The van der Waals surface area contributed by atoms with Crippen LogP contribution in [0, 0.1) is 6.92 Å². The number of aryl methyl sites for hydroxylation is 2. The fourth-order valence-electron chi connectivity index (χ4n) is 1.83. The van der Waals surface area contributed by atoms with Crippen molar-refractivity contribution >= 4 is 17.4 Å². The Morgan fingerprint density at radius 1 is 1.31 bits per heavy atom. The molecule has 0 spiro atoms. The summed E-state index contributed by atoms with van der Waals surface area (Å²) in [4.78, 5) is 8.74. The standard InChI is InChI=1S/C11H15ClN4/c1-5-8-14-11-13-7(4)9(6(2)3)10(12)16(11)15-8/h6H,5H2,1-4H3. The molecule has 0 saturated heterocycles. The minimum atomic E-state index is 0.332. The Balaban J connectivity index is 2.76. The van der Waals surface area contributed by atoms with E-state index in [1.807, 2.05) is 13.8 Å². The lowest BCUT2D eigenvalue weighted by Crippen LogP contribution is -2.04. The first-order valence-corrected chi connectivity index (χ1v) is 5.84. The summed E-state index contributed by atoms with van der Waals surface area (Å²) >= 11 is 6.33. The Hall–Kier alpha value is -1.16. The van der Waals surface area contributed by atoms with Gasteiger partial charge >= 0.3 is 0 Å². The normalized spacial score (nSPS) is 11.6. The van der Waals surface area contributed by atoms with E-state index in [0.717, 1.165) is 23.5 Å². The molecule has 86 valence electrons. The molecule has 5 heteroatoms. The van der Waals surface area contributed by atoms with Crippen LogP contribution in [0.2, 0.25) is 5.15 Å². The van der Waals surface area contributed by atoms with Crippen molar-refractivity contribution in [2.75, 3.05) is 0 Å². The molecule has 4 nitrogen and oxygen atoms in total. The number of hydrogen-bond acceptors (Lipinski definition) is 3. The third-order valence-electron chi connectivity index (χ3n) is 2.59. The predicted octanol–water partition coefficient (Wildman–Crippen LogP) is 2.77. The highest BCUT2D eigenvalue weighted by atomic mass is 35.5. The van der Waals surface area contributed by atoms with Crippen molar-refractivity contribution in [3.63, 3.8) is 0 Å². The van der Waals surface area contributed by atoms with Gasteiger partial charge < -0.3 is 0 Å². The molecule has 0 N–H and O–H groups in total. The van der Waals surface area contributed by atoms with Crippen LogP contribution in [0.25, 0.3) is 5.78 Å². The average Bonchev–Trinajstić information content (AvgIpc) is 2.60. The van der Waals surface area contributed by atoms with Crippen molar-refractivity contribution in [1.82, 2.24) is 19.6 Å². The van der Waals surface area contributed by atoms with E-state index in [0.29, 0.717) is 16.8 Å². The van der Waals surface area contributed by atoms with E-state index in [4.69, 9.17) is 11.6 Å². The Labute approximate surface area is 99.7 Å². The van der Waals surface area contributed by atoms with E-state index in [2.05, 4.69) is 28.9 Å². The maximum absolute atomic E-state index is 6.33. The summed E-state index contributed by atoms with van der Waals surface area (Å²) in [7, 11) is 0. The molecule has 2 aromatic rings. The van der Waals surface area contributed by atoms with Crippen molar-refractivity contribution in [1.29, 1.82) is 0 Å². The zero-order valence-electron chi connectivity index (χ0n) is 9.95. The first-order valence-electron chi connectivity index (χ1n) is 5.46. The van der Waals surface area contributed by atoms with Gasteiger partial charge in [0.05, 0.1) is 0 Å². The lowest BCUT2D eigenvalue weighted by Gasteiger charge is -2.11. The van der Waals surface area contributed by atoms with Gasteiger partial charge in [-0.15, -0.1) is 5.10 Å². The van der Waals surface area contributed by atoms with E-state index in [1.54, 1.807) is 4.52 Å². The summed E-state index contributed by atoms with van der Waals surface area (Å²) in [5.74, 6) is 1.69. The molecular weight excluding hydrogens is 224 g/mol. The van der Waals surface area contributed by atoms with Crippen LogP contribution in [-0.4, -0.2) is 19.6 Å². The first-order chi connectivity index (χ1) is 7.54. The molecule has 0 saturated carbocycles. The molecule has 2 aromatic heterocycles. The number of halogens is 1. The number of nitrogens with zero attached hydrogens (tertiary/aromatic N) is 4. The van der Waals surface area contributed by atoms with Gasteiger partial charge in [-0.3, -0.25) is 0 Å². The van der Waals surface area contributed by atoms with E-state index in [-0.39, 0.29) is 0 Å². The number of rotatable bonds is 2. The second-order valence-corrected chi connectivity index (χ2v) is 4.51. The highest BCUT2D eigenvalue weighted by Gasteiger charge is 2.16. The van der Waals surface area contributed by atoms with E-state index in [1.165, 1.54) is 0 Å². The second-order valence-electron chi connectivity index (χ2n) is 4.15. The maximum Gasteiger partial charge on any atom is 0.254 e. The van der Waals surface area contributed by atoms with Gasteiger partial charge in [0.1, 0.15) is 5.15 Å². The second kappa shape index (κ2) is 4.01. The lowest BCUT2D eigenvalue weighted by molar-refractivity contribution is 0.799. The van der Waals surface area contributed by atoms with Gasteiger partial charge in [0, 0.05) is 17.7 Å². The third-order valence-corrected chi connectivity index (χ3v) is 2.96. The first kappa shape index (κ1) is 11.3. The molecule has 0 amide bonds. The summed E-state index contributed by atoms with van der Waals surface area (Å²) in [6.07, 6.45) is 0.787. The third kappa shape index (κ3) is 1.67. The van der Waals surface area contributed by atoms with Gasteiger partial charge in [0.15, 0.2) is 5.82 Å². The number of aromatic nitrogens is 4. The van der Waals surface area contributed by atoms with Crippen molar-refractivity contribution in [3.8, 4) is 0 Å². The van der Waals surface area contributed by atoms with Gasteiger partial charge in [-0.1, -0.05) is 32.4 Å². The topological polar surface area (TPSA) is 43.1 Å². The molecule has 0 aliphatic carbocycles. The molecule has 2 rings (SSSR count). The smallest absolute Gasteiger partial charge is 0.216 e. The van der Waals surface area contributed by atoms with Crippen LogP contribution in [0.1, 0.15) is 43.8 Å². The Morgan fingerprint density at radius 3 is 2.56 bits per heavy atom. The Kier molecular flexibility index (Phi) is 2.84. The maximum atomic E-state index is 6.33. The van der Waals surface area contributed by atoms with Crippen LogP contribution in [-0.2, 0) is 6.42 Å². The van der Waals surface area contributed by atoms with E-state index >= 15 is 0 Å². The molecular formula is C11H15ClN4. The van der Waals surface area contributed by atoms with Crippen molar-refractivity contribution in [2.45, 2.75) is 40.0 Å². The van der Waals surface area contributed by atoms with Gasteiger partial charge in [-0.05, 0) is 12.8 Å². The average molecular weight is 239 g/mol. The summed E-state index contributed by atoms with van der Waals surface area (Å²) in [5.41, 5.74) is 1.98. The van der Waals surface area contributed by atoms with Gasteiger partial charge in [-0.2, -0.15) is 9.50 Å². The number of fused-ring (bicyclic) bond motifs is 1. The molecule has 0 aromatic carbocycles. The van der Waals surface area contributed by atoms with Gasteiger partial charge in [0.2, 0.25) is 0 Å². The van der Waals surface area contributed by atoms with Gasteiger partial charge in [0.25, 0.3) is 5.78 Å².